The van der Waals surface area contributed by atoms with Crippen molar-refractivity contribution >= 4 is 11.9 Å². The number of nitrogens with zero attached hydrogens (tertiary/aromatic N) is 1. The van der Waals surface area contributed by atoms with Gasteiger partial charge in [0.2, 0.25) is 5.91 Å². The molecule has 1 atom stereocenters. The van der Waals surface area contributed by atoms with Crippen LogP contribution in [-0.2, 0) is 9.53 Å². The third-order valence-corrected chi connectivity index (χ3v) is 3.48. The number of carbonyl (C=O) groups excluding carboxylic acids is 2. The van der Waals surface area contributed by atoms with Gasteiger partial charge < -0.3 is 14.5 Å². The Morgan fingerprint density at radius 1 is 1.41 bits per heavy atom. The molecule has 0 spiro atoms. The van der Waals surface area contributed by atoms with Crippen molar-refractivity contribution in [2.24, 2.45) is 5.92 Å². The van der Waals surface area contributed by atoms with Crippen molar-refractivity contribution in [3.8, 4) is 11.3 Å². The first-order chi connectivity index (χ1) is 10.6. The monoisotopic (exact) mass is 300 g/mol. The maximum absolute atomic E-state index is 12.2. The number of hydrogen-bond acceptors (Lipinski definition) is 5. The quantitative estimate of drug-likeness (QED) is 0.873. The molecule has 0 bridgehead atoms. The van der Waals surface area contributed by atoms with Crippen LogP contribution in [0, 0.1) is 12.8 Å². The number of carbonyl (C=O) groups is 2. The third kappa shape index (κ3) is 3.00. The van der Waals surface area contributed by atoms with E-state index in [0.29, 0.717) is 24.6 Å². The SMILES string of the molecule is Cc1nc(C(=O)OC[C@H]2CNC(=O)C2)c(-c2ccccc2)o1. The van der Waals surface area contributed by atoms with Gasteiger partial charge in [0.1, 0.15) is 0 Å². The Kier molecular flexibility index (Phi) is 3.91. The van der Waals surface area contributed by atoms with Gasteiger partial charge in [0.25, 0.3) is 0 Å². The minimum atomic E-state index is -0.532. The van der Waals surface area contributed by atoms with Gasteiger partial charge in [-0.25, -0.2) is 9.78 Å². The lowest BCUT2D eigenvalue weighted by Gasteiger charge is -2.08. The number of hydrogen-bond donors (Lipinski definition) is 1. The molecule has 1 saturated heterocycles. The molecule has 0 unspecified atom stereocenters. The average Bonchev–Trinajstić information content (AvgIpc) is 3.11. The van der Waals surface area contributed by atoms with Crippen LogP contribution >= 0.6 is 0 Å². The van der Waals surface area contributed by atoms with Crippen molar-refractivity contribution in [3.05, 3.63) is 41.9 Å². The Morgan fingerprint density at radius 2 is 2.18 bits per heavy atom. The Morgan fingerprint density at radius 3 is 2.86 bits per heavy atom. The van der Waals surface area contributed by atoms with E-state index in [1.165, 1.54) is 0 Å². The number of oxazole rings is 1. The maximum atomic E-state index is 12.2. The van der Waals surface area contributed by atoms with Crippen LogP contribution in [0.2, 0.25) is 0 Å². The molecule has 114 valence electrons. The molecule has 1 N–H and O–H groups in total. The van der Waals surface area contributed by atoms with Gasteiger partial charge in [0.05, 0.1) is 6.61 Å². The fraction of sp³-hybridized carbons (Fsp3) is 0.312. The summed E-state index contributed by atoms with van der Waals surface area (Å²) in [6.07, 6.45) is 0.386. The van der Waals surface area contributed by atoms with E-state index < -0.39 is 5.97 Å². The minimum absolute atomic E-state index is 0.0108. The summed E-state index contributed by atoms with van der Waals surface area (Å²) in [7, 11) is 0. The summed E-state index contributed by atoms with van der Waals surface area (Å²) >= 11 is 0. The molecule has 0 radical (unpaired) electrons. The van der Waals surface area contributed by atoms with Gasteiger partial charge in [-0.3, -0.25) is 4.79 Å². The molecule has 0 saturated carbocycles. The standard InChI is InChI=1S/C16H16N2O4/c1-10-18-14(15(22-10)12-5-3-2-4-6-12)16(20)21-9-11-7-13(19)17-8-11/h2-6,11H,7-9H2,1H3,(H,17,19)/t11-/m1/s1. The van der Waals surface area contributed by atoms with Gasteiger partial charge in [-0.2, -0.15) is 0 Å². The van der Waals surface area contributed by atoms with Crippen LogP contribution in [0.5, 0.6) is 0 Å². The summed E-state index contributed by atoms with van der Waals surface area (Å²) in [4.78, 5) is 27.5. The van der Waals surface area contributed by atoms with Gasteiger partial charge >= 0.3 is 5.97 Å². The van der Waals surface area contributed by atoms with E-state index >= 15 is 0 Å². The van der Waals surface area contributed by atoms with Crippen LogP contribution < -0.4 is 5.32 Å². The highest BCUT2D eigenvalue weighted by Crippen LogP contribution is 2.25. The van der Waals surface area contributed by atoms with Crippen molar-refractivity contribution in [1.82, 2.24) is 10.3 Å². The van der Waals surface area contributed by atoms with Crippen LogP contribution in [0.1, 0.15) is 22.8 Å². The lowest BCUT2D eigenvalue weighted by molar-refractivity contribution is -0.119. The summed E-state index contributed by atoms with van der Waals surface area (Å²) in [5, 5.41) is 2.71. The smallest absolute Gasteiger partial charge is 0.361 e. The van der Waals surface area contributed by atoms with Gasteiger partial charge in [0.15, 0.2) is 17.3 Å². The summed E-state index contributed by atoms with van der Waals surface area (Å²) in [5.74, 6) is 0.287. The predicted octanol–water partition coefficient (Wildman–Crippen LogP) is 1.94. The average molecular weight is 300 g/mol. The van der Waals surface area contributed by atoms with Crippen molar-refractivity contribution in [3.63, 3.8) is 0 Å². The van der Waals surface area contributed by atoms with Gasteiger partial charge in [-0.15, -0.1) is 0 Å². The number of benzene rings is 1. The highest BCUT2D eigenvalue weighted by atomic mass is 16.5. The van der Waals surface area contributed by atoms with Crippen LogP contribution in [0.25, 0.3) is 11.3 Å². The second-order valence-corrected chi connectivity index (χ2v) is 5.25. The summed E-state index contributed by atoms with van der Waals surface area (Å²) < 4.78 is 10.8. The zero-order chi connectivity index (χ0) is 15.5. The van der Waals surface area contributed by atoms with E-state index in [2.05, 4.69) is 10.3 Å². The van der Waals surface area contributed by atoms with Gasteiger partial charge in [-0.05, 0) is 0 Å². The second kappa shape index (κ2) is 6.01. The fourth-order valence-corrected chi connectivity index (χ4v) is 2.40. The molecule has 3 rings (SSSR count). The molecule has 22 heavy (non-hydrogen) atoms. The molecule has 1 fully saturated rings. The Bertz CT molecular complexity index is 693. The number of aromatic nitrogens is 1. The molecule has 0 aliphatic carbocycles. The number of esters is 1. The normalized spacial score (nSPS) is 17.3. The first-order valence-electron chi connectivity index (χ1n) is 7.10. The van der Waals surface area contributed by atoms with E-state index in [-0.39, 0.29) is 24.1 Å². The molecule has 1 aliphatic heterocycles. The second-order valence-electron chi connectivity index (χ2n) is 5.25. The molecule has 6 heteroatoms. The molecule has 1 aliphatic rings. The van der Waals surface area contributed by atoms with Crippen molar-refractivity contribution < 1.29 is 18.7 Å². The zero-order valence-corrected chi connectivity index (χ0v) is 12.2. The molecule has 1 aromatic carbocycles. The Balaban J connectivity index is 1.74. The lowest BCUT2D eigenvalue weighted by atomic mass is 10.1. The van der Waals surface area contributed by atoms with Crippen molar-refractivity contribution in [1.29, 1.82) is 0 Å². The van der Waals surface area contributed by atoms with Gasteiger partial charge in [-0.1, -0.05) is 30.3 Å². The topological polar surface area (TPSA) is 81.4 Å². The first-order valence-corrected chi connectivity index (χ1v) is 7.10. The van der Waals surface area contributed by atoms with Crippen LogP contribution in [0.15, 0.2) is 34.7 Å². The molecule has 1 aromatic heterocycles. The zero-order valence-electron chi connectivity index (χ0n) is 12.2. The number of ether oxygens (including phenoxy) is 1. The summed E-state index contributed by atoms with van der Waals surface area (Å²) in [6.45, 7) is 2.41. The van der Waals surface area contributed by atoms with E-state index in [1.807, 2.05) is 30.3 Å². The maximum Gasteiger partial charge on any atom is 0.361 e. The highest BCUT2D eigenvalue weighted by Gasteiger charge is 2.26. The number of rotatable bonds is 4. The molecule has 2 heterocycles. The van der Waals surface area contributed by atoms with Crippen LogP contribution in [-0.4, -0.2) is 30.0 Å². The fourth-order valence-electron chi connectivity index (χ4n) is 2.40. The predicted molar refractivity (Wildman–Crippen MR) is 78.1 cm³/mol. The number of aryl methyl sites for hydroxylation is 1. The summed E-state index contributed by atoms with van der Waals surface area (Å²) in [6, 6.07) is 9.29. The van der Waals surface area contributed by atoms with E-state index in [9.17, 15) is 9.59 Å². The van der Waals surface area contributed by atoms with Crippen LogP contribution in [0.3, 0.4) is 0 Å². The molecular weight excluding hydrogens is 284 g/mol. The van der Waals surface area contributed by atoms with E-state index in [4.69, 9.17) is 9.15 Å². The molecule has 1 amide bonds. The van der Waals surface area contributed by atoms with Crippen LogP contribution in [0.4, 0.5) is 0 Å². The molecule has 2 aromatic rings. The minimum Gasteiger partial charge on any atom is -0.460 e. The van der Waals surface area contributed by atoms with Crippen molar-refractivity contribution in [2.45, 2.75) is 13.3 Å². The summed E-state index contributed by atoms with van der Waals surface area (Å²) in [5.41, 5.74) is 0.939. The lowest BCUT2D eigenvalue weighted by Crippen LogP contribution is -2.18. The number of amides is 1. The first kappa shape index (κ1) is 14.3. The highest BCUT2D eigenvalue weighted by molar-refractivity contribution is 5.93. The van der Waals surface area contributed by atoms with E-state index in [0.717, 1.165) is 5.56 Å². The van der Waals surface area contributed by atoms with Crippen molar-refractivity contribution in [2.75, 3.05) is 13.2 Å². The number of nitrogens with one attached hydrogen (secondary N) is 1. The van der Waals surface area contributed by atoms with Gasteiger partial charge in [0, 0.05) is 31.4 Å². The Hall–Kier alpha value is -2.63. The largest absolute Gasteiger partial charge is 0.460 e. The molecule has 6 nitrogen and oxygen atoms in total. The Labute approximate surface area is 127 Å². The van der Waals surface area contributed by atoms with E-state index in [1.54, 1.807) is 6.92 Å². The molecular formula is C16H16N2O4. The third-order valence-electron chi connectivity index (χ3n) is 3.48.